The zero-order valence-electron chi connectivity index (χ0n) is 17.1. The highest BCUT2D eigenvalue weighted by molar-refractivity contribution is 4.77. The van der Waals surface area contributed by atoms with Crippen LogP contribution in [0, 0.1) is 0 Å². The lowest BCUT2D eigenvalue weighted by Crippen LogP contribution is -2.36. The molecule has 0 heterocycles. The van der Waals surface area contributed by atoms with Crippen LogP contribution in [0.2, 0.25) is 0 Å². The largest absolute Gasteiger partial charge is 0.390 e. The fourth-order valence-electron chi connectivity index (χ4n) is 3.84. The molecule has 2 fully saturated rings. The van der Waals surface area contributed by atoms with Crippen molar-refractivity contribution < 1.29 is 28.8 Å². The summed E-state index contributed by atoms with van der Waals surface area (Å²) in [5, 5.41) is 9.88. The van der Waals surface area contributed by atoms with E-state index in [9.17, 15) is 5.11 Å². The van der Waals surface area contributed by atoms with Gasteiger partial charge < -0.3 is 28.8 Å². The van der Waals surface area contributed by atoms with E-state index in [0.717, 1.165) is 51.6 Å². The predicted octanol–water partition coefficient (Wildman–Crippen LogP) is 3.09. The molecule has 160 valence electrons. The van der Waals surface area contributed by atoms with Gasteiger partial charge in [0.05, 0.1) is 64.1 Å². The summed E-state index contributed by atoms with van der Waals surface area (Å²) >= 11 is 0. The molecule has 4 unspecified atom stereocenters. The van der Waals surface area contributed by atoms with Crippen LogP contribution in [-0.4, -0.2) is 75.8 Å². The van der Waals surface area contributed by atoms with E-state index < -0.39 is 0 Å². The van der Waals surface area contributed by atoms with Gasteiger partial charge in [0.2, 0.25) is 0 Å². The Labute approximate surface area is 164 Å². The Bertz CT molecular complexity index is 354. The van der Waals surface area contributed by atoms with Crippen LogP contribution >= 0.6 is 0 Å². The van der Waals surface area contributed by atoms with E-state index in [2.05, 4.69) is 6.92 Å². The zero-order valence-corrected chi connectivity index (χ0v) is 17.1. The molecule has 2 rings (SSSR count). The zero-order chi connectivity index (χ0) is 19.2. The van der Waals surface area contributed by atoms with Crippen LogP contribution in [-0.2, 0) is 23.7 Å². The Hall–Kier alpha value is -0.240. The van der Waals surface area contributed by atoms with Crippen molar-refractivity contribution in [1.29, 1.82) is 0 Å². The molecule has 0 spiro atoms. The molecular weight excluding hydrogens is 348 g/mol. The van der Waals surface area contributed by atoms with Crippen molar-refractivity contribution in [3.8, 4) is 0 Å². The second kappa shape index (κ2) is 14.7. The van der Waals surface area contributed by atoms with Crippen molar-refractivity contribution in [1.82, 2.24) is 0 Å². The maximum absolute atomic E-state index is 9.88. The molecule has 0 aliphatic heterocycles. The van der Waals surface area contributed by atoms with E-state index >= 15 is 0 Å². The van der Waals surface area contributed by atoms with Crippen molar-refractivity contribution in [2.75, 3.05) is 46.2 Å². The molecule has 0 amide bonds. The highest BCUT2D eigenvalue weighted by Crippen LogP contribution is 2.24. The summed E-state index contributed by atoms with van der Waals surface area (Å²) in [6.07, 6.45) is 9.67. The first kappa shape index (κ1) is 23.0. The van der Waals surface area contributed by atoms with Gasteiger partial charge in [-0.05, 0) is 32.1 Å². The Kier molecular flexibility index (Phi) is 12.6. The summed E-state index contributed by atoms with van der Waals surface area (Å²) in [7, 11) is 0. The minimum atomic E-state index is -0.308. The van der Waals surface area contributed by atoms with Crippen molar-refractivity contribution in [3.63, 3.8) is 0 Å². The first-order chi connectivity index (χ1) is 13.3. The van der Waals surface area contributed by atoms with E-state index in [-0.39, 0.29) is 24.4 Å². The predicted molar refractivity (Wildman–Crippen MR) is 104 cm³/mol. The Morgan fingerprint density at radius 1 is 0.593 bits per heavy atom. The van der Waals surface area contributed by atoms with Crippen molar-refractivity contribution in [2.45, 2.75) is 89.1 Å². The summed E-state index contributed by atoms with van der Waals surface area (Å²) in [5.41, 5.74) is 0. The average molecular weight is 389 g/mol. The van der Waals surface area contributed by atoms with Crippen LogP contribution in [0.15, 0.2) is 0 Å². The minimum absolute atomic E-state index is 0.0138. The SMILES string of the molecule is CCCOCCOC1CCCCC1OCCOCCOC1CCCCC1O. The third-order valence-corrected chi connectivity index (χ3v) is 5.34. The van der Waals surface area contributed by atoms with E-state index in [1.807, 2.05) is 0 Å². The number of aliphatic hydroxyl groups excluding tert-OH is 1. The number of aliphatic hydroxyl groups is 1. The van der Waals surface area contributed by atoms with Crippen molar-refractivity contribution in [2.24, 2.45) is 0 Å². The molecule has 2 saturated carbocycles. The third kappa shape index (κ3) is 9.68. The van der Waals surface area contributed by atoms with Gasteiger partial charge in [-0.25, -0.2) is 0 Å². The third-order valence-electron chi connectivity index (χ3n) is 5.34. The topological polar surface area (TPSA) is 66.4 Å². The van der Waals surface area contributed by atoms with Crippen LogP contribution in [0.25, 0.3) is 0 Å². The van der Waals surface area contributed by atoms with Crippen molar-refractivity contribution in [3.05, 3.63) is 0 Å². The Morgan fingerprint density at radius 3 is 1.56 bits per heavy atom. The molecule has 0 saturated heterocycles. The van der Waals surface area contributed by atoms with Gasteiger partial charge in [0.15, 0.2) is 0 Å². The van der Waals surface area contributed by atoms with E-state index in [1.165, 1.54) is 12.8 Å². The van der Waals surface area contributed by atoms with Gasteiger partial charge in [-0.15, -0.1) is 0 Å². The van der Waals surface area contributed by atoms with Gasteiger partial charge in [0, 0.05) is 6.61 Å². The molecule has 27 heavy (non-hydrogen) atoms. The highest BCUT2D eigenvalue weighted by Gasteiger charge is 2.26. The molecular formula is C21H40O6. The normalized spacial score (nSPS) is 29.1. The first-order valence-corrected chi connectivity index (χ1v) is 11.0. The number of rotatable bonds is 14. The monoisotopic (exact) mass is 388 g/mol. The maximum atomic E-state index is 9.88. The molecule has 6 nitrogen and oxygen atoms in total. The molecule has 2 aliphatic rings. The maximum Gasteiger partial charge on any atom is 0.0837 e. The lowest BCUT2D eigenvalue weighted by Gasteiger charge is -2.31. The van der Waals surface area contributed by atoms with E-state index in [4.69, 9.17) is 23.7 Å². The number of hydrogen-bond acceptors (Lipinski definition) is 6. The molecule has 1 N–H and O–H groups in total. The van der Waals surface area contributed by atoms with Crippen molar-refractivity contribution >= 4 is 0 Å². The fraction of sp³-hybridized carbons (Fsp3) is 1.00. The molecule has 0 aromatic rings. The molecule has 4 atom stereocenters. The second-order valence-corrected chi connectivity index (χ2v) is 7.59. The fourth-order valence-corrected chi connectivity index (χ4v) is 3.84. The summed E-state index contributed by atoms with van der Waals surface area (Å²) in [4.78, 5) is 0. The van der Waals surface area contributed by atoms with E-state index in [1.54, 1.807) is 0 Å². The van der Waals surface area contributed by atoms with Crippen LogP contribution in [0.4, 0.5) is 0 Å². The van der Waals surface area contributed by atoms with Gasteiger partial charge in [0.25, 0.3) is 0 Å². The minimum Gasteiger partial charge on any atom is -0.390 e. The summed E-state index contributed by atoms with van der Waals surface area (Å²) in [6, 6.07) is 0. The van der Waals surface area contributed by atoms with Gasteiger partial charge in [-0.1, -0.05) is 32.6 Å². The second-order valence-electron chi connectivity index (χ2n) is 7.59. The van der Waals surface area contributed by atoms with Crippen LogP contribution in [0.5, 0.6) is 0 Å². The Balaban J connectivity index is 1.47. The van der Waals surface area contributed by atoms with E-state index in [0.29, 0.717) is 39.6 Å². The van der Waals surface area contributed by atoms with Crippen LogP contribution in [0.1, 0.15) is 64.7 Å². The number of hydrogen-bond donors (Lipinski definition) is 1. The van der Waals surface area contributed by atoms with Gasteiger partial charge >= 0.3 is 0 Å². The molecule has 0 aromatic heterocycles. The van der Waals surface area contributed by atoms with Crippen LogP contribution < -0.4 is 0 Å². The smallest absolute Gasteiger partial charge is 0.0837 e. The molecule has 0 aromatic carbocycles. The lowest BCUT2D eigenvalue weighted by molar-refractivity contribution is -0.113. The summed E-state index contributed by atoms with van der Waals surface area (Å²) in [5.74, 6) is 0. The molecule has 0 radical (unpaired) electrons. The lowest BCUT2D eigenvalue weighted by atomic mass is 9.94. The van der Waals surface area contributed by atoms with Crippen LogP contribution in [0.3, 0.4) is 0 Å². The molecule has 2 aliphatic carbocycles. The first-order valence-electron chi connectivity index (χ1n) is 11.0. The molecule has 6 heteroatoms. The molecule has 0 bridgehead atoms. The summed E-state index contributed by atoms with van der Waals surface area (Å²) in [6.45, 7) is 6.46. The summed E-state index contributed by atoms with van der Waals surface area (Å²) < 4.78 is 28.8. The Morgan fingerprint density at radius 2 is 1.04 bits per heavy atom. The van der Waals surface area contributed by atoms with Gasteiger partial charge in [0.1, 0.15) is 0 Å². The highest BCUT2D eigenvalue weighted by atomic mass is 16.6. The quantitative estimate of drug-likeness (QED) is 0.461. The standard InChI is InChI=1S/C21H40O6/c1-2-11-23-12-16-26-20-9-5-6-10-21(20)27-17-14-24-13-15-25-19-8-4-3-7-18(19)22/h18-22H,2-17H2,1H3. The average Bonchev–Trinajstić information content (AvgIpc) is 2.69. The number of ether oxygens (including phenoxy) is 5. The van der Waals surface area contributed by atoms with Gasteiger partial charge in [-0.3, -0.25) is 0 Å². The van der Waals surface area contributed by atoms with Gasteiger partial charge in [-0.2, -0.15) is 0 Å².